The Morgan fingerprint density at radius 3 is 2.39 bits per heavy atom. The molecule has 3 heteroatoms. The van der Waals surface area contributed by atoms with Crippen LogP contribution in [-0.4, -0.2) is 17.9 Å². The number of ketones is 2. The van der Waals surface area contributed by atoms with Crippen molar-refractivity contribution in [1.29, 1.82) is 0 Å². The minimum Gasteiger partial charge on any atom is -0.303 e. The van der Waals surface area contributed by atoms with E-state index in [2.05, 4.69) is 0 Å². The van der Waals surface area contributed by atoms with Gasteiger partial charge < -0.3 is 4.79 Å². The quantitative estimate of drug-likeness (QED) is 0.590. The van der Waals surface area contributed by atoms with Crippen LogP contribution in [0.4, 0.5) is 0 Å². The maximum atomic E-state index is 12.6. The van der Waals surface area contributed by atoms with Crippen LogP contribution in [-0.2, 0) is 16.0 Å². The molecule has 0 aromatic heterocycles. The summed E-state index contributed by atoms with van der Waals surface area (Å²) in [4.78, 5) is 35.7. The van der Waals surface area contributed by atoms with Gasteiger partial charge in [-0.05, 0) is 54.9 Å². The van der Waals surface area contributed by atoms with Crippen molar-refractivity contribution < 1.29 is 14.4 Å². The fraction of sp³-hybridized carbons (Fsp3) is 0.450. The van der Waals surface area contributed by atoms with E-state index in [1.807, 2.05) is 45.9 Å². The highest BCUT2D eigenvalue weighted by molar-refractivity contribution is 6.52. The van der Waals surface area contributed by atoms with Gasteiger partial charge in [-0.1, -0.05) is 32.9 Å². The van der Waals surface area contributed by atoms with Gasteiger partial charge in [0.15, 0.2) is 0 Å². The average molecular weight is 312 g/mol. The smallest absolute Gasteiger partial charge is 0.234 e. The molecule has 3 nitrogen and oxygen atoms in total. The number of rotatable bonds is 6. The van der Waals surface area contributed by atoms with Gasteiger partial charge in [-0.3, -0.25) is 9.59 Å². The molecule has 0 saturated heterocycles. The molecular weight excluding hydrogens is 288 g/mol. The van der Waals surface area contributed by atoms with Crippen LogP contribution in [0.15, 0.2) is 17.7 Å². The Bertz CT molecular complexity index is 680. The van der Waals surface area contributed by atoms with E-state index < -0.39 is 0 Å². The van der Waals surface area contributed by atoms with E-state index >= 15 is 0 Å². The molecule has 1 aromatic carbocycles. The highest BCUT2D eigenvalue weighted by atomic mass is 16.2. The van der Waals surface area contributed by atoms with Crippen molar-refractivity contribution in [3.8, 4) is 0 Å². The van der Waals surface area contributed by atoms with Crippen LogP contribution in [0.25, 0.3) is 6.08 Å². The highest BCUT2D eigenvalue weighted by Crippen LogP contribution is 2.31. The van der Waals surface area contributed by atoms with Crippen molar-refractivity contribution in [2.75, 3.05) is 0 Å². The molecule has 0 fully saturated rings. The van der Waals surface area contributed by atoms with E-state index in [4.69, 9.17) is 0 Å². The zero-order valence-electron chi connectivity index (χ0n) is 14.3. The number of allylic oxidation sites excluding steroid dienone is 1. The van der Waals surface area contributed by atoms with Gasteiger partial charge in [-0.15, -0.1) is 0 Å². The first-order chi connectivity index (χ1) is 10.9. The largest absolute Gasteiger partial charge is 0.303 e. The summed E-state index contributed by atoms with van der Waals surface area (Å²) in [6, 6.07) is 3.93. The fourth-order valence-electron chi connectivity index (χ4n) is 3.06. The molecule has 1 aromatic rings. The van der Waals surface area contributed by atoms with Gasteiger partial charge in [0.05, 0.1) is 0 Å². The Kier molecular flexibility index (Phi) is 5.30. The summed E-state index contributed by atoms with van der Waals surface area (Å²) < 4.78 is 0. The molecule has 2 rings (SSSR count). The van der Waals surface area contributed by atoms with Crippen LogP contribution in [0, 0.1) is 18.8 Å². The van der Waals surface area contributed by atoms with Crippen LogP contribution >= 0.6 is 0 Å². The van der Waals surface area contributed by atoms with Gasteiger partial charge in [0.25, 0.3) is 0 Å². The second-order valence-corrected chi connectivity index (χ2v) is 6.74. The first kappa shape index (κ1) is 17.3. The monoisotopic (exact) mass is 312 g/mol. The van der Waals surface area contributed by atoms with Gasteiger partial charge in [0.1, 0.15) is 6.29 Å². The molecule has 0 spiro atoms. The first-order valence-electron chi connectivity index (χ1n) is 8.25. The molecule has 23 heavy (non-hydrogen) atoms. The molecule has 0 N–H and O–H groups in total. The lowest BCUT2D eigenvalue weighted by molar-refractivity contribution is -0.112. The number of aryl methyl sites for hydroxylation is 1. The molecule has 122 valence electrons. The molecule has 1 aliphatic rings. The number of aldehydes is 1. The summed E-state index contributed by atoms with van der Waals surface area (Å²) in [5, 5.41) is 0. The normalized spacial score (nSPS) is 15.4. The Hall–Kier alpha value is -2.03. The highest BCUT2D eigenvalue weighted by Gasteiger charge is 2.31. The zero-order valence-corrected chi connectivity index (χ0v) is 14.3. The summed E-state index contributed by atoms with van der Waals surface area (Å²) in [6.45, 7) is 7.72. The van der Waals surface area contributed by atoms with Crippen molar-refractivity contribution in [2.24, 2.45) is 11.8 Å². The number of hydrogen-bond acceptors (Lipinski definition) is 3. The predicted molar refractivity (Wildman–Crippen MR) is 91.5 cm³/mol. The maximum absolute atomic E-state index is 12.6. The van der Waals surface area contributed by atoms with Crippen molar-refractivity contribution in [3.63, 3.8) is 0 Å². The molecule has 0 amide bonds. The molecule has 1 unspecified atom stereocenters. The van der Waals surface area contributed by atoms with E-state index in [9.17, 15) is 14.4 Å². The van der Waals surface area contributed by atoms with E-state index in [0.717, 1.165) is 42.2 Å². The molecule has 1 aliphatic carbocycles. The number of hydrogen-bond donors (Lipinski definition) is 0. The standard InChI is InChI=1S/C20H24O3/c1-12(2)17-10-15-9-8-14(4)16(7-5-6-13(3)11-21)18(15)20(23)19(17)22/h8-13H,5-7H2,1-4H3. The predicted octanol–water partition coefficient (Wildman–Crippen LogP) is 3.96. The van der Waals surface area contributed by atoms with Gasteiger partial charge in [0.2, 0.25) is 11.6 Å². The summed E-state index contributed by atoms with van der Waals surface area (Å²) in [6.07, 6.45) is 5.17. The number of Topliss-reactive ketones (excluding diaryl/α,β-unsaturated/α-hetero) is 2. The van der Waals surface area contributed by atoms with Crippen LogP contribution in [0.2, 0.25) is 0 Å². The Labute approximate surface area is 137 Å². The minimum absolute atomic E-state index is 0.0274. The van der Waals surface area contributed by atoms with Crippen molar-refractivity contribution >= 4 is 23.9 Å². The number of carbonyl (C=O) groups excluding carboxylic acids is 3. The third-order valence-corrected chi connectivity index (χ3v) is 4.53. The zero-order chi connectivity index (χ0) is 17.1. The number of fused-ring (bicyclic) bond motifs is 1. The van der Waals surface area contributed by atoms with Gasteiger partial charge in [-0.25, -0.2) is 0 Å². The summed E-state index contributed by atoms with van der Waals surface area (Å²) >= 11 is 0. The fourth-order valence-corrected chi connectivity index (χ4v) is 3.06. The van der Waals surface area contributed by atoms with Gasteiger partial charge in [-0.2, -0.15) is 0 Å². The lowest BCUT2D eigenvalue weighted by atomic mass is 9.80. The molecule has 0 heterocycles. The Morgan fingerprint density at radius 2 is 1.78 bits per heavy atom. The molecule has 0 saturated carbocycles. The van der Waals surface area contributed by atoms with E-state index in [1.54, 1.807) is 0 Å². The number of carbonyl (C=O) groups is 3. The maximum Gasteiger partial charge on any atom is 0.234 e. The molecule has 0 radical (unpaired) electrons. The molecule has 1 atom stereocenters. The molecular formula is C20H24O3. The second kappa shape index (κ2) is 7.03. The lowest BCUT2D eigenvalue weighted by Crippen LogP contribution is -2.25. The molecule has 0 aliphatic heterocycles. The van der Waals surface area contributed by atoms with Crippen LogP contribution < -0.4 is 0 Å². The summed E-state index contributed by atoms with van der Waals surface area (Å²) in [5.74, 6) is -0.689. The van der Waals surface area contributed by atoms with Crippen LogP contribution in [0.5, 0.6) is 0 Å². The third kappa shape index (κ3) is 3.49. The second-order valence-electron chi connectivity index (χ2n) is 6.74. The van der Waals surface area contributed by atoms with Gasteiger partial charge >= 0.3 is 0 Å². The molecule has 0 bridgehead atoms. The van der Waals surface area contributed by atoms with Crippen LogP contribution in [0.1, 0.15) is 60.7 Å². The topological polar surface area (TPSA) is 51.2 Å². The Balaban J connectivity index is 2.40. The summed E-state index contributed by atoms with van der Waals surface area (Å²) in [7, 11) is 0. The van der Waals surface area contributed by atoms with Crippen molar-refractivity contribution in [2.45, 2.75) is 47.0 Å². The lowest BCUT2D eigenvalue weighted by Gasteiger charge is -2.21. The summed E-state index contributed by atoms with van der Waals surface area (Å²) in [5.41, 5.74) is 4.00. The van der Waals surface area contributed by atoms with E-state index in [1.165, 1.54) is 0 Å². The first-order valence-corrected chi connectivity index (χ1v) is 8.25. The SMILES string of the molecule is Cc1ccc2c(c1CCCC(C)C=O)C(=O)C(=O)C(C(C)C)=C2. The van der Waals surface area contributed by atoms with Gasteiger partial charge in [0, 0.05) is 17.1 Å². The minimum atomic E-state index is -0.381. The van der Waals surface area contributed by atoms with Crippen molar-refractivity contribution in [1.82, 2.24) is 0 Å². The van der Waals surface area contributed by atoms with Crippen LogP contribution in [0.3, 0.4) is 0 Å². The average Bonchev–Trinajstić information content (AvgIpc) is 2.52. The van der Waals surface area contributed by atoms with Crippen molar-refractivity contribution in [3.05, 3.63) is 40.0 Å². The third-order valence-electron chi connectivity index (χ3n) is 4.53. The van der Waals surface area contributed by atoms with E-state index in [0.29, 0.717) is 11.1 Å². The van der Waals surface area contributed by atoms with E-state index in [-0.39, 0.29) is 23.4 Å². The Morgan fingerprint density at radius 1 is 1.09 bits per heavy atom. The number of benzene rings is 1.